The van der Waals surface area contributed by atoms with E-state index in [1.165, 1.54) is 5.01 Å². The molecule has 6 nitrogen and oxygen atoms in total. The first-order valence-corrected chi connectivity index (χ1v) is 8.33. The molecule has 0 unspecified atom stereocenters. The monoisotopic (exact) mass is 339 g/mol. The molecule has 3 rings (SSSR count). The fourth-order valence-corrected chi connectivity index (χ4v) is 2.77. The molecule has 25 heavy (non-hydrogen) atoms. The Morgan fingerprint density at radius 3 is 2.88 bits per heavy atom. The summed E-state index contributed by atoms with van der Waals surface area (Å²) < 4.78 is 5.30. The molecule has 2 heterocycles. The predicted octanol–water partition coefficient (Wildman–Crippen LogP) is 2.82. The van der Waals surface area contributed by atoms with Gasteiger partial charge in [-0.05, 0) is 43.7 Å². The lowest BCUT2D eigenvalue weighted by Gasteiger charge is -2.24. The zero-order valence-corrected chi connectivity index (χ0v) is 14.4. The second-order valence-electron chi connectivity index (χ2n) is 6.25. The standard InChI is InChI=1S/C19H21N3O3/c1-13-5-3-6-15(11-13)22-18(23)9-8-17(21-22)19(24)20-14(2)12-16-7-4-10-25-16/h3-7,10-11,14H,8-9,12H2,1-2H3,(H,20,24)/t14-/m0/s1. The molecule has 130 valence electrons. The highest BCUT2D eigenvalue weighted by Crippen LogP contribution is 2.21. The molecule has 0 aliphatic carbocycles. The fourth-order valence-electron chi connectivity index (χ4n) is 2.77. The number of amides is 2. The number of carbonyl (C=O) groups is 2. The number of nitrogens with zero attached hydrogens (tertiary/aromatic N) is 2. The molecule has 1 aliphatic heterocycles. The van der Waals surface area contributed by atoms with Crippen LogP contribution in [0.15, 0.2) is 52.2 Å². The van der Waals surface area contributed by atoms with Crippen LogP contribution in [-0.4, -0.2) is 23.6 Å². The molecule has 1 N–H and O–H groups in total. The van der Waals surface area contributed by atoms with Crippen LogP contribution < -0.4 is 10.3 Å². The van der Waals surface area contributed by atoms with Crippen LogP contribution in [0.5, 0.6) is 0 Å². The summed E-state index contributed by atoms with van der Waals surface area (Å²) >= 11 is 0. The largest absolute Gasteiger partial charge is 0.469 e. The van der Waals surface area contributed by atoms with E-state index in [4.69, 9.17) is 4.42 Å². The van der Waals surface area contributed by atoms with Crippen LogP contribution >= 0.6 is 0 Å². The molecule has 0 fully saturated rings. The molecular formula is C19H21N3O3. The quantitative estimate of drug-likeness (QED) is 0.910. The van der Waals surface area contributed by atoms with Gasteiger partial charge >= 0.3 is 0 Å². The van der Waals surface area contributed by atoms with E-state index < -0.39 is 0 Å². The second-order valence-corrected chi connectivity index (χ2v) is 6.25. The van der Waals surface area contributed by atoms with Crippen LogP contribution in [0.1, 0.15) is 31.1 Å². The molecule has 2 aromatic rings. The van der Waals surface area contributed by atoms with Crippen molar-refractivity contribution < 1.29 is 14.0 Å². The lowest BCUT2D eigenvalue weighted by Crippen LogP contribution is -2.42. The topological polar surface area (TPSA) is 74.9 Å². The molecule has 1 aromatic carbocycles. The third kappa shape index (κ3) is 4.15. The molecule has 6 heteroatoms. The highest BCUT2D eigenvalue weighted by molar-refractivity contribution is 6.40. The lowest BCUT2D eigenvalue weighted by atomic mass is 10.1. The highest BCUT2D eigenvalue weighted by Gasteiger charge is 2.26. The van der Waals surface area contributed by atoms with E-state index in [2.05, 4.69) is 10.4 Å². The van der Waals surface area contributed by atoms with E-state index in [1.807, 2.05) is 50.2 Å². The zero-order valence-electron chi connectivity index (χ0n) is 14.4. The number of hydrazone groups is 1. The van der Waals surface area contributed by atoms with E-state index >= 15 is 0 Å². The molecule has 1 atom stereocenters. The van der Waals surface area contributed by atoms with Crippen molar-refractivity contribution >= 4 is 23.2 Å². The average molecular weight is 339 g/mol. The third-order valence-electron chi connectivity index (χ3n) is 4.01. The Labute approximate surface area is 146 Å². The van der Waals surface area contributed by atoms with E-state index in [9.17, 15) is 9.59 Å². The van der Waals surface area contributed by atoms with Crippen molar-refractivity contribution in [1.29, 1.82) is 0 Å². The van der Waals surface area contributed by atoms with Gasteiger partial charge < -0.3 is 9.73 Å². The smallest absolute Gasteiger partial charge is 0.267 e. The summed E-state index contributed by atoms with van der Waals surface area (Å²) in [5, 5.41) is 8.53. The SMILES string of the molecule is Cc1cccc(N2N=C(C(=O)N[C@@H](C)Cc3ccco3)CCC2=O)c1. The number of furan rings is 1. The third-order valence-corrected chi connectivity index (χ3v) is 4.01. The number of nitrogens with one attached hydrogen (secondary N) is 1. The fraction of sp³-hybridized carbons (Fsp3) is 0.316. The number of hydrogen-bond donors (Lipinski definition) is 1. The number of anilines is 1. The van der Waals surface area contributed by atoms with Gasteiger partial charge in [0.2, 0.25) is 5.91 Å². The Bertz CT molecular complexity index is 796. The molecule has 2 amide bonds. The minimum atomic E-state index is -0.246. The van der Waals surface area contributed by atoms with E-state index in [0.29, 0.717) is 24.2 Å². The number of hydrogen-bond acceptors (Lipinski definition) is 4. The Hall–Kier alpha value is -2.89. The van der Waals surface area contributed by atoms with Gasteiger partial charge in [-0.2, -0.15) is 5.10 Å². The van der Waals surface area contributed by atoms with Crippen molar-refractivity contribution in [3.63, 3.8) is 0 Å². The maximum absolute atomic E-state index is 12.5. The summed E-state index contributed by atoms with van der Waals surface area (Å²) in [4.78, 5) is 24.7. The molecule has 0 spiro atoms. The van der Waals surface area contributed by atoms with Crippen molar-refractivity contribution in [2.24, 2.45) is 5.10 Å². The van der Waals surface area contributed by atoms with Gasteiger partial charge in [-0.25, -0.2) is 5.01 Å². The number of carbonyl (C=O) groups excluding carboxylic acids is 2. The molecule has 0 bridgehead atoms. The van der Waals surface area contributed by atoms with Crippen molar-refractivity contribution in [2.75, 3.05) is 5.01 Å². The van der Waals surface area contributed by atoms with E-state index in [0.717, 1.165) is 11.3 Å². The number of rotatable bonds is 5. The molecule has 1 aliphatic rings. The first-order chi connectivity index (χ1) is 12.0. The van der Waals surface area contributed by atoms with E-state index in [1.54, 1.807) is 6.26 Å². The van der Waals surface area contributed by atoms with Crippen LogP contribution in [0.4, 0.5) is 5.69 Å². The maximum atomic E-state index is 12.5. The van der Waals surface area contributed by atoms with Crippen molar-refractivity contribution in [3.8, 4) is 0 Å². The second kappa shape index (κ2) is 7.34. The maximum Gasteiger partial charge on any atom is 0.267 e. The van der Waals surface area contributed by atoms with Crippen LogP contribution in [-0.2, 0) is 16.0 Å². The summed E-state index contributed by atoms with van der Waals surface area (Å²) in [6, 6.07) is 11.1. The highest BCUT2D eigenvalue weighted by atomic mass is 16.3. The van der Waals surface area contributed by atoms with Gasteiger partial charge in [-0.1, -0.05) is 12.1 Å². The van der Waals surface area contributed by atoms with Crippen LogP contribution in [0.3, 0.4) is 0 Å². The van der Waals surface area contributed by atoms with Gasteiger partial charge in [0, 0.05) is 25.3 Å². The van der Waals surface area contributed by atoms with Gasteiger partial charge in [-0.3, -0.25) is 9.59 Å². The summed E-state index contributed by atoms with van der Waals surface area (Å²) in [7, 11) is 0. The number of aryl methyl sites for hydroxylation is 1. The van der Waals surface area contributed by atoms with Gasteiger partial charge in [0.15, 0.2) is 0 Å². The van der Waals surface area contributed by atoms with Crippen molar-refractivity contribution in [3.05, 3.63) is 54.0 Å². The summed E-state index contributed by atoms with van der Waals surface area (Å²) in [5.74, 6) is 0.463. The Balaban J connectivity index is 1.71. The summed E-state index contributed by atoms with van der Waals surface area (Å²) in [6.45, 7) is 3.86. The first-order valence-electron chi connectivity index (χ1n) is 8.33. The van der Waals surface area contributed by atoms with Crippen molar-refractivity contribution in [1.82, 2.24) is 5.32 Å². The molecular weight excluding hydrogens is 318 g/mol. The van der Waals surface area contributed by atoms with Gasteiger partial charge in [0.05, 0.1) is 12.0 Å². The lowest BCUT2D eigenvalue weighted by molar-refractivity contribution is -0.119. The Morgan fingerprint density at radius 2 is 2.16 bits per heavy atom. The van der Waals surface area contributed by atoms with Gasteiger partial charge in [0.25, 0.3) is 5.91 Å². The first kappa shape index (κ1) is 17.0. The zero-order chi connectivity index (χ0) is 17.8. The average Bonchev–Trinajstić information content (AvgIpc) is 3.08. The molecule has 0 saturated carbocycles. The van der Waals surface area contributed by atoms with Gasteiger partial charge in [-0.15, -0.1) is 0 Å². The predicted molar refractivity (Wildman–Crippen MR) is 95.4 cm³/mol. The number of benzene rings is 1. The van der Waals surface area contributed by atoms with Crippen molar-refractivity contribution in [2.45, 2.75) is 39.2 Å². The van der Waals surface area contributed by atoms with E-state index in [-0.39, 0.29) is 24.3 Å². The molecule has 0 saturated heterocycles. The normalized spacial score (nSPS) is 15.7. The minimum absolute atomic E-state index is 0.0913. The summed E-state index contributed by atoms with van der Waals surface area (Å²) in [5.41, 5.74) is 2.08. The minimum Gasteiger partial charge on any atom is -0.469 e. The Kier molecular flexibility index (Phi) is 4.97. The van der Waals surface area contributed by atoms with Crippen LogP contribution in [0, 0.1) is 6.92 Å². The van der Waals surface area contributed by atoms with Crippen LogP contribution in [0.25, 0.3) is 0 Å². The molecule has 0 radical (unpaired) electrons. The Morgan fingerprint density at radius 1 is 1.32 bits per heavy atom. The van der Waals surface area contributed by atoms with Gasteiger partial charge in [0.1, 0.15) is 11.5 Å². The molecule has 1 aromatic heterocycles. The summed E-state index contributed by atoms with van der Waals surface area (Å²) in [6.07, 6.45) is 2.83. The van der Waals surface area contributed by atoms with Crippen LogP contribution in [0.2, 0.25) is 0 Å².